The van der Waals surface area contributed by atoms with E-state index >= 15 is 0 Å². The number of methoxy groups -OCH3 is 2. The quantitative estimate of drug-likeness (QED) is 0.688. The number of hydrogen-bond donors (Lipinski definition) is 0. The second kappa shape index (κ2) is 5.66. The SMILES string of the molecule is COc1cc2nc(CCl)n(-c3ccccc3)c2cc1OC. The highest BCUT2D eigenvalue weighted by atomic mass is 35.5. The molecule has 0 aliphatic rings. The molecule has 0 aliphatic carbocycles. The Bertz CT molecular complexity index is 769. The van der Waals surface area contributed by atoms with E-state index in [0.717, 1.165) is 22.5 Å². The molecule has 0 spiro atoms. The van der Waals surface area contributed by atoms with Crippen LogP contribution in [0.5, 0.6) is 11.5 Å². The summed E-state index contributed by atoms with van der Waals surface area (Å²) in [6.45, 7) is 0. The number of para-hydroxylation sites is 1. The van der Waals surface area contributed by atoms with Gasteiger partial charge in [-0.25, -0.2) is 4.98 Å². The van der Waals surface area contributed by atoms with Gasteiger partial charge in [0.15, 0.2) is 11.5 Å². The Balaban J connectivity index is 2.32. The van der Waals surface area contributed by atoms with Crippen molar-refractivity contribution in [1.82, 2.24) is 9.55 Å². The summed E-state index contributed by atoms with van der Waals surface area (Å²) in [6.07, 6.45) is 0. The average Bonchev–Trinajstić information content (AvgIpc) is 2.91. The molecule has 0 bridgehead atoms. The predicted octanol–water partition coefficient (Wildman–Crippen LogP) is 3.78. The van der Waals surface area contributed by atoms with Crippen LogP contribution >= 0.6 is 11.6 Å². The van der Waals surface area contributed by atoms with Gasteiger partial charge in [-0.05, 0) is 12.1 Å². The fraction of sp³-hybridized carbons (Fsp3) is 0.188. The zero-order chi connectivity index (χ0) is 14.8. The van der Waals surface area contributed by atoms with Gasteiger partial charge in [-0.2, -0.15) is 0 Å². The van der Waals surface area contributed by atoms with E-state index < -0.39 is 0 Å². The number of nitrogens with zero attached hydrogens (tertiary/aromatic N) is 2. The number of alkyl halides is 1. The molecule has 21 heavy (non-hydrogen) atoms. The Morgan fingerprint density at radius 1 is 1.05 bits per heavy atom. The molecule has 3 aromatic rings. The number of halogens is 1. The summed E-state index contributed by atoms with van der Waals surface area (Å²) in [5.41, 5.74) is 2.78. The Morgan fingerprint density at radius 3 is 2.33 bits per heavy atom. The molecule has 0 unspecified atom stereocenters. The van der Waals surface area contributed by atoms with Gasteiger partial charge in [-0.3, -0.25) is 4.57 Å². The van der Waals surface area contributed by atoms with E-state index in [9.17, 15) is 0 Å². The van der Waals surface area contributed by atoms with Crippen molar-refractivity contribution in [3.8, 4) is 17.2 Å². The maximum Gasteiger partial charge on any atom is 0.163 e. The zero-order valence-corrected chi connectivity index (χ0v) is 12.6. The first-order chi connectivity index (χ1) is 10.3. The van der Waals surface area contributed by atoms with Gasteiger partial charge in [-0.15, -0.1) is 11.6 Å². The molecule has 0 radical (unpaired) electrons. The lowest BCUT2D eigenvalue weighted by Crippen LogP contribution is -1.99. The molecule has 5 heteroatoms. The second-order valence-corrected chi connectivity index (χ2v) is 4.80. The summed E-state index contributed by atoms with van der Waals surface area (Å²) < 4.78 is 12.7. The maximum atomic E-state index is 6.05. The summed E-state index contributed by atoms with van der Waals surface area (Å²) in [5.74, 6) is 2.44. The van der Waals surface area contributed by atoms with Gasteiger partial charge in [0.05, 0.1) is 31.1 Å². The topological polar surface area (TPSA) is 36.3 Å². The molecule has 108 valence electrons. The highest BCUT2D eigenvalue weighted by Gasteiger charge is 2.15. The van der Waals surface area contributed by atoms with Crippen molar-refractivity contribution in [3.05, 3.63) is 48.3 Å². The molecule has 4 nitrogen and oxygen atoms in total. The smallest absolute Gasteiger partial charge is 0.163 e. The highest BCUT2D eigenvalue weighted by Crippen LogP contribution is 2.33. The minimum absolute atomic E-state index is 0.328. The van der Waals surface area contributed by atoms with Crippen molar-refractivity contribution in [2.75, 3.05) is 14.2 Å². The summed E-state index contributed by atoms with van der Waals surface area (Å²) in [5, 5.41) is 0. The van der Waals surface area contributed by atoms with Crippen molar-refractivity contribution in [2.24, 2.45) is 0 Å². The molecule has 0 saturated carbocycles. The fourth-order valence-corrected chi connectivity index (χ4v) is 2.59. The van der Waals surface area contributed by atoms with Crippen molar-refractivity contribution in [1.29, 1.82) is 0 Å². The molecule has 0 amide bonds. The van der Waals surface area contributed by atoms with Gasteiger partial charge in [0, 0.05) is 17.8 Å². The van der Waals surface area contributed by atoms with Crippen LogP contribution < -0.4 is 9.47 Å². The Labute approximate surface area is 127 Å². The number of rotatable bonds is 4. The number of imidazole rings is 1. The van der Waals surface area contributed by atoms with E-state index in [4.69, 9.17) is 21.1 Å². The first-order valence-corrected chi connectivity index (χ1v) is 7.06. The van der Waals surface area contributed by atoms with Crippen LogP contribution in [0.25, 0.3) is 16.7 Å². The monoisotopic (exact) mass is 302 g/mol. The molecule has 0 N–H and O–H groups in total. The van der Waals surface area contributed by atoms with Crippen LogP contribution in [0.3, 0.4) is 0 Å². The van der Waals surface area contributed by atoms with Crippen molar-refractivity contribution >= 4 is 22.6 Å². The molecular formula is C16H15ClN2O2. The molecule has 1 aromatic heterocycles. The minimum atomic E-state index is 0.328. The van der Waals surface area contributed by atoms with E-state index in [-0.39, 0.29) is 0 Å². The number of aromatic nitrogens is 2. The molecule has 2 aromatic carbocycles. The third kappa shape index (κ3) is 2.32. The molecule has 0 saturated heterocycles. The summed E-state index contributed by atoms with van der Waals surface area (Å²) in [4.78, 5) is 4.59. The normalized spacial score (nSPS) is 10.8. The summed E-state index contributed by atoms with van der Waals surface area (Å²) in [6, 6.07) is 13.8. The Hall–Kier alpha value is -2.20. The number of hydrogen-bond acceptors (Lipinski definition) is 3. The average molecular weight is 303 g/mol. The van der Waals surface area contributed by atoms with Crippen molar-refractivity contribution in [3.63, 3.8) is 0 Å². The largest absolute Gasteiger partial charge is 0.493 e. The van der Waals surface area contributed by atoms with E-state index in [2.05, 4.69) is 4.98 Å². The zero-order valence-electron chi connectivity index (χ0n) is 11.8. The van der Waals surface area contributed by atoms with Gasteiger partial charge in [-0.1, -0.05) is 18.2 Å². The number of benzene rings is 2. The van der Waals surface area contributed by atoms with Crippen LogP contribution in [0, 0.1) is 0 Å². The predicted molar refractivity (Wildman–Crippen MR) is 83.7 cm³/mol. The number of ether oxygens (including phenoxy) is 2. The lowest BCUT2D eigenvalue weighted by Gasteiger charge is -2.10. The van der Waals surface area contributed by atoms with Gasteiger partial charge < -0.3 is 9.47 Å². The van der Waals surface area contributed by atoms with Crippen LogP contribution in [0.1, 0.15) is 5.82 Å². The van der Waals surface area contributed by atoms with Crippen molar-refractivity contribution < 1.29 is 9.47 Å². The molecule has 0 aliphatic heterocycles. The highest BCUT2D eigenvalue weighted by molar-refractivity contribution is 6.17. The lowest BCUT2D eigenvalue weighted by atomic mass is 10.2. The van der Waals surface area contributed by atoms with Crippen LogP contribution in [-0.2, 0) is 5.88 Å². The van der Waals surface area contributed by atoms with Gasteiger partial charge in [0.1, 0.15) is 5.82 Å². The van der Waals surface area contributed by atoms with Gasteiger partial charge in [0.25, 0.3) is 0 Å². The molecule has 3 rings (SSSR count). The lowest BCUT2D eigenvalue weighted by molar-refractivity contribution is 0.355. The van der Waals surface area contributed by atoms with Crippen LogP contribution in [0.2, 0.25) is 0 Å². The number of fused-ring (bicyclic) bond motifs is 1. The van der Waals surface area contributed by atoms with Crippen LogP contribution in [0.4, 0.5) is 0 Å². The summed E-state index contributed by atoms with van der Waals surface area (Å²) >= 11 is 6.05. The third-order valence-corrected chi connectivity index (χ3v) is 3.60. The fourth-order valence-electron chi connectivity index (χ4n) is 2.41. The Morgan fingerprint density at radius 2 is 1.71 bits per heavy atom. The van der Waals surface area contributed by atoms with E-state index in [1.807, 2.05) is 47.0 Å². The van der Waals surface area contributed by atoms with Gasteiger partial charge in [0.2, 0.25) is 0 Å². The van der Waals surface area contributed by atoms with E-state index in [0.29, 0.717) is 17.4 Å². The molecule has 1 heterocycles. The molecular weight excluding hydrogens is 288 g/mol. The van der Waals surface area contributed by atoms with Crippen LogP contribution in [-0.4, -0.2) is 23.8 Å². The molecule has 0 atom stereocenters. The minimum Gasteiger partial charge on any atom is -0.493 e. The third-order valence-electron chi connectivity index (χ3n) is 3.36. The van der Waals surface area contributed by atoms with E-state index in [1.165, 1.54) is 0 Å². The maximum absolute atomic E-state index is 6.05. The first kappa shape index (κ1) is 13.8. The summed E-state index contributed by atoms with van der Waals surface area (Å²) in [7, 11) is 3.23. The standard InChI is InChI=1S/C16H15ClN2O2/c1-20-14-8-12-13(9-15(14)21-2)19(16(10-17)18-12)11-6-4-3-5-7-11/h3-9H,10H2,1-2H3. The van der Waals surface area contributed by atoms with Crippen LogP contribution in [0.15, 0.2) is 42.5 Å². The second-order valence-electron chi connectivity index (χ2n) is 4.53. The van der Waals surface area contributed by atoms with Crippen molar-refractivity contribution in [2.45, 2.75) is 5.88 Å². The van der Waals surface area contributed by atoms with Gasteiger partial charge >= 0.3 is 0 Å². The van der Waals surface area contributed by atoms with E-state index in [1.54, 1.807) is 14.2 Å². The first-order valence-electron chi connectivity index (χ1n) is 6.53. The Kier molecular flexibility index (Phi) is 3.71. The molecule has 0 fully saturated rings.